The molecule has 2 heterocycles. The maximum atomic E-state index is 3.53. The Morgan fingerprint density at radius 3 is 0.985 bits per heavy atom. The minimum atomic E-state index is 0. The quantitative estimate of drug-likeness (QED) is 0.105. The van der Waals surface area contributed by atoms with Gasteiger partial charge in [0.2, 0.25) is 0 Å². The predicted octanol–water partition coefficient (Wildman–Crippen LogP) is 10.6. The summed E-state index contributed by atoms with van der Waals surface area (Å²) in [7, 11) is 0. The van der Waals surface area contributed by atoms with E-state index in [0.29, 0.717) is 10.9 Å². The van der Waals surface area contributed by atoms with Crippen molar-refractivity contribution in [3.63, 3.8) is 0 Å². The van der Waals surface area contributed by atoms with E-state index in [2.05, 4.69) is 180 Å². The molecule has 4 aromatic rings. The Morgan fingerprint density at radius 2 is 0.758 bits per heavy atom. The number of halogens is 2. The monoisotopic (exact) mass is 1100 g/mol. The van der Waals surface area contributed by atoms with Gasteiger partial charge in [-0.3, -0.25) is 12.2 Å². The Balaban J connectivity index is 0.000000236. The standard InChI is InChI=1S/2C21H25.2C5H5.2C4H8Si.2ClH.2Zr/c2*1-20(2,3)16-9-7-14-11-15-8-10-17(21(4,5)6)13-19(15)18(14)12-16;4*1-2-4-5-3-1;;;;/h2*7,9-10,12-13H,11H2,1-6H3;2*1-3H,4H2;2*1-4H2;2*1H;;/q4*-1;;;;;2*+2/p-2. The molecule has 0 saturated carbocycles. The van der Waals surface area contributed by atoms with Gasteiger partial charge >= 0.3 is 107 Å². The van der Waals surface area contributed by atoms with Crippen LogP contribution in [0.3, 0.4) is 0 Å². The third kappa shape index (κ3) is 18.1. The second-order valence-electron chi connectivity index (χ2n) is 22.3. The second-order valence-corrected chi connectivity index (χ2v) is 37.1. The molecule has 0 radical (unpaired) electrons. The van der Waals surface area contributed by atoms with Crippen molar-refractivity contribution in [2.45, 2.75) is 180 Å². The zero-order valence-electron chi connectivity index (χ0n) is 42.5. The molecule has 0 unspecified atom stereocenters. The summed E-state index contributed by atoms with van der Waals surface area (Å²) in [4.78, 5) is 0. The van der Waals surface area contributed by atoms with Crippen LogP contribution in [0.5, 0.6) is 0 Å². The Bertz CT molecular complexity index is 2050. The Morgan fingerprint density at radius 1 is 0.439 bits per heavy atom. The van der Waals surface area contributed by atoms with Crippen LogP contribution in [-0.2, 0) is 81.2 Å². The van der Waals surface area contributed by atoms with Gasteiger partial charge in [0.15, 0.2) is 0 Å². The second kappa shape index (κ2) is 26.7. The van der Waals surface area contributed by atoms with Gasteiger partial charge in [0.1, 0.15) is 0 Å². The van der Waals surface area contributed by atoms with Crippen molar-refractivity contribution in [3.8, 4) is 22.3 Å². The fourth-order valence-electron chi connectivity index (χ4n) is 8.25. The van der Waals surface area contributed by atoms with Gasteiger partial charge in [0, 0.05) is 0 Å². The third-order valence-corrected chi connectivity index (χ3v) is 23.8. The molecule has 0 spiro atoms. The number of hydrogen-bond donors (Lipinski definition) is 0. The van der Waals surface area contributed by atoms with Crippen molar-refractivity contribution in [2.75, 3.05) is 0 Å². The molecular weight excluding hydrogens is 1030 g/mol. The van der Waals surface area contributed by atoms with Crippen LogP contribution >= 0.6 is 0 Å². The number of fused-ring (bicyclic) bond motifs is 6. The van der Waals surface area contributed by atoms with Crippen LogP contribution < -0.4 is 24.8 Å². The molecule has 348 valence electrons. The van der Waals surface area contributed by atoms with Gasteiger partial charge in [0.25, 0.3) is 0 Å². The molecule has 4 aliphatic carbocycles. The first-order valence-electron chi connectivity index (χ1n) is 24.0. The molecular formula is C60H76Cl2Si2Zr2-2. The summed E-state index contributed by atoms with van der Waals surface area (Å²) in [5, 5.41) is 0. The fraction of sp³-hybridized carbons (Fsp3) is 0.467. The van der Waals surface area contributed by atoms with E-state index in [1.807, 2.05) is 71.0 Å². The zero-order chi connectivity index (χ0) is 46.7. The fourth-order valence-corrected chi connectivity index (χ4v) is 16.7. The van der Waals surface area contributed by atoms with E-state index in [0.717, 1.165) is 25.7 Å². The number of rotatable bonds is 0. The van der Waals surface area contributed by atoms with Gasteiger partial charge in [-0.25, -0.2) is 24.3 Å². The first-order chi connectivity index (χ1) is 30.1. The van der Waals surface area contributed by atoms with E-state index in [4.69, 9.17) is 0 Å². The van der Waals surface area contributed by atoms with Crippen molar-refractivity contribution in [3.05, 3.63) is 166 Å². The van der Waals surface area contributed by atoms with Crippen LogP contribution in [0.1, 0.15) is 166 Å². The molecule has 6 aliphatic rings. The Labute approximate surface area is 446 Å². The van der Waals surface area contributed by atoms with E-state index >= 15 is 0 Å². The summed E-state index contributed by atoms with van der Waals surface area (Å²) < 4.78 is 0. The molecule has 2 fully saturated rings. The van der Waals surface area contributed by atoms with Crippen molar-refractivity contribution < 1.29 is 71.5 Å². The van der Waals surface area contributed by atoms with Crippen molar-refractivity contribution >= 4 is 10.9 Å². The molecule has 0 atom stereocenters. The van der Waals surface area contributed by atoms with E-state index in [9.17, 15) is 0 Å². The summed E-state index contributed by atoms with van der Waals surface area (Å²) in [6.45, 7) is 27.3. The summed E-state index contributed by atoms with van der Waals surface area (Å²) in [6, 6.07) is 36.6. The van der Waals surface area contributed by atoms with Gasteiger partial charge in [-0.1, -0.05) is 153 Å². The topological polar surface area (TPSA) is 0 Å². The third-order valence-electron chi connectivity index (χ3n) is 12.6. The average Bonchev–Trinajstić information content (AvgIpc) is 4.09. The molecule has 2 saturated heterocycles. The molecule has 0 N–H and O–H groups in total. The average molecular weight is 1110 g/mol. The molecule has 0 amide bonds. The molecule has 0 bridgehead atoms. The van der Waals surface area contributed by atoms with Crippen LogP contribution in [0.15, 0.2) is 97.1 Å². The Hall–Kier alpha value is -1.38. The van der Waals surface area contributed by atoms with E-state index in [1.165, 1.54) is 66.8 Å². The summed E-state index contributed by atoms with van der Waals surface area (Å²) in [6.07, 6.45) is 28.3. The van der Waals surface area contributed by atoms with Crippen LogP contribution in [0.2, 0.25) is 24.2 Å². The molecule has 0 aromatic heterocycles. The molecule has 6 heteroatoms. The van der Waals surface area contributed by atoms with Gasteiger partial charge in [-0.05, 0) is 34.8 Å². The van der Waals surface area contributed by atoms with E-state index in [-0.39, 0.29) is 46.5 Å². The van der Waals surface area contributed by atoms with Crippen LogP contribution in [-0.4, -0.2) is 10.9 Å². The predicted molar refractivity (Wildman–Crippen MR) is 274 cm³/mol. The van der Waals surface area contributed by atoms with Crippen molar-refractivity contribution in [2.24, 2.45) is 0 Å². The molecule has 0 nitrogen and oxygen atoms in total. The number of allylic oxidation sites excluding steroid dienone is 8. The Kier molecular flexibility index (Phi) is 23.9. The van der Waals surface area contributed by atoms with Gasteiger partial charge < -0.3 is 24.8 Å². The van der Waals surface area contributed by atoms with Gasteiger partial charge in [0.05, 0.1) is 0 Å². The van der Waals surface area contributed by atoms with Gasteiger partial charge in [-0.2, -0.15) is 70.8 Å². The van der Waals surface area contributed by atoms with E-state index in [1.54, 1.807) is 49.9 Å². The molecule has 10 rings (SSSR count). The first-order valence-corrected chi connectivity index (χ1v) is 35.3. The van der Waals surface area contributed by atoms with Crippen LogP contribution in [0.25, 0.3) is 22.3 Å². The van der Waals surface area contributed by atoms with E-state index < -0.39 is 0 Å². The number of benzene rings is 4. The minimum absolute atomic E-state index is 0. The van der Waals surface area contributed by atoms with Crippen LogP contribution in [0.4, 0.5) is 0 Å². The maximum absolute atomic E-state index is 3.53. The zero-order valence-corrected chi connectivity index (χ0v) is 50.9. The molecule has 4 aromatic carbocycles. The summed E-state index contributed by atoms with van der Waals surface area (Å²) in [5.74, 6) is 0. The summed E-state index contributed by atoms with van der Waals surface area (Å²) >= 11 is 3.73. The van der Waals surface area contributed by atoms with Crippen LogP contribution in [0, 0.1) is 24.3 Å². The molecule has 2 aliphatic heterocycles. The van der Waals surface area contributed by atoms with Crippen molar-refractivity contribution in [1.29, 1.82) is 0 Å². The number of hydrogen-bond acceptors (Lipinski definition) is 0. The van der Waals surface area contributed by atoms with Crippen molar-refractivity contribution in [1.82, 2.24) is 0 Å². The summed E-state index contributed by atoms with van der Waals surface area (Å²) in [5.41, 5.74) is 18.2. The van der Waals surface area contributed by atoms with Gasteiger partial charge in [-0.15, -0.1) is 24.0 Å². The molecule has 66 heavy (non-hydrogen) atoms. The first kappa shape index (κ1) is 58.9. The normalized spacial score (nSPS) is 15.7. The SMILES string of the molecule is CC(C)(C)c1c[c-]c2c(c1)-c1cc(C(C)(C)C)ccc1C2.CC(C)(C)c1c[c-]c2c(c1)-c1cc(C(C)(C)C)ccc1C2.[C-]1=CC=CC1.[C-]1=CC=CC1.[Cl-].[Cl-].[Zr+2]=[Si]1CCCC1.[Zr+2]=[Si]1CCCC1.